The molecule has 1 N–H and O–H groups in total. The lowest BCUT2D eigenvalue weighted by atomic mass is 10.1. The van der Waals surface area contributed by atoms with Crippen LogP contribution in [-0.4, -0.2) is 29.7 Å². The Kier molecular flexibility index (Phi) is 5.61. The summed E-state index contributed by atoms with van der Waals surface area (Å²) < 4.78 is 15.5. The summed E-state index contributed by atoms with van der Waals surface area (Å²) in [5, 5.41) is 8.34. The molecule has 3 rings (SSSR count). The fraction of sp³-hybridized carbons (Fsp3) is 0.211. The van der Waals surface area contributed by atoms with Crippen LogP contribution in [0.1, 0.15) is 12.7 Å². The van der Waals surface area contributed by atoms with E-state index in [-0.39, 0.29) is 12.4 Å². The second-order valence-electron chi connectivity index (χ2n) is 5.82. The van der Waals surface area contributed by atoms with E-state index < -0.39 is 18.0 Å². The van der Waals surface area contributed by atoms with E-state index >= 15 is 0 Å². The number of carbonyl (C=O) groups excluding carboxylic acids is 2. The summed E-state index contributed by atoms with van der Waals surface area (Å²) >= 11 is 6.16. The van der Waals surface area contributed by atoms with Crippen LogP contribution in [0.25, 0.3) is 10.8 Å². The molecule has 3 aromatic rings. The number of fused-ring (bicyclic) bond motifs is 1. The van der Waals surface area contributed by atoms with Crippen molar-refractivity contribution in [3.05, 3.63) is 53.2 Å². The molecule has 0 radical (unpaired) electrons. The van der Waals surface area contributed by atoms with Crippen molar-refractivity contribution in [3.63, 3.8) is 0 Å². The highest BCUT2D eigenvalue weighted by Crippen LogP contribution is 2.31. The first-order valence-corrected chi connectivity index (χ1v) is 8.55. The van der Waals surface area contributed by atoms with Crippen LogP contribution in [0.2, 0.25) is 5.02 Å². The smallest absolute Gasteiger partial charge is 0.344 e. The third-order valence-corrected chi connectivity index (χ3v) is 4.06. The van der Waals surface area contributed by atoms with Crippen LogP contribution in [0.4, 0.5) is 5.82 Å². The molecule has 1 aromatic heterocycles. The molecule has 2 aromatic carbocycles. The first kappa shape index (κ1) is 18.7. The normalized spacial score (nSPS) is 11.8. The second kappa shape index (κ2) is 8.09. The number of amides is 1. The fourth-order valence-electron chi connectivity index (χ4n) is 2.44. The van der Waals surface area contributed by atoms with E-state index in [9.17, 15) is 9.59 Å². The Balaban J connectivity index is 1.57. The number of aromatic nitrogens is 1. The van der Waals surface area contributed by atoms with Crippen LogP contribution in [0.5, 0.6) is 5.75 Å². The number of carbonyl (C=O) groups is 2. The van der Waals surface area contributed by atoms with E-state index in [1.54, 1.807) is 25.1 Å². The van der Waals surface area contributed by atoms with Crippen LogP contribution in [0.15, 0.2) is 47.0 Å². The minimum Gasteiger partial charge on any atom is -0.481 e. The molecule has 1 heterocycles. The van der Waals surface area contributed by atoms with E-state index in [0.717, 1.165) is 10.8 Å². The maximum Gasteiger partial charge on any atom is 0.344 e. The Labute approximate surface area is 160 Å². The van der Waals surface area contributed by atoms with Gasteiger partial charge in [0.15, 0.2) is 18.5 Å². The predicted octanol–water partition coefficient (Wildman–Crippen LogP) is 3.74. The largest absolute Gasteiger partial charge is 0.481 e. The number of rotatable bonds is 6. The fourth-order valence-corrected chi connectivity index (χ4v) is 2.66. The van der Waals surface area contributed by atoms with Gasteiger partial charge in [-0.25, -0.2) is 4.79 Å². The summed E-state index contributed by atoms with van der Waals surface area (Å²) in [6.07, 6.45) is -1.01. The van der Waals surface area contributed by atoms with Crippen molar-refractivity contribution < 1.29 is 23.6 Å². The zero-order valence-corrected chi connectivity index (χ0v) is 15.4. The van der Waals surface area contributed by atoms with Gasteiger partial charge in [0.1, 0.15) is 11.5 Å². The zero-order valence-electron chi connectivity index (χ0n) is 14.7. The standard InChI is InChI=1S/C19H17ClN2O5/c1-11-9-17(22-27-11)21-19(24)12(2)26-18(23)10-25-16-8-7-15(20)13-5-3-4-6-14(13)16/h3-9,12H,10H2,1-2H3,(H,21,22,24)/t12-/m1/s1. The molecular weight excluding hydrogens is 372 g/mol. The molecule has 1 atom stereocenters. The summed E-state index contributed by atoms with van der Waals surface area (Å²) in [6, 6.07) is 12.4. The molecule has 0 saturated heterocycles. The lowest BCUT2D eigenvalue weighted by molar-refractivity contribution is -0.155. The third-order valence-electron chi connectivity index (χ3n) is 3.73. The number of halogens is 1. The van der Waals surface area contributed by atoms with Gasteiger partial charge in [-0.2, -0.15) is 0 Å². The van der Waals surface area contributed by atoms with Gasteiger partial charge in [-0.1, -0.05) is 41.0 Å². The average Bonchev–Trinajstić information content (AvgIpc) is 3.06. The summed E-state index contributed by atoms with van der Waals surface area (Å²) in [7, 11) is 0. The third kappa shape index (κ3) is 4.57. The van der Waals surface area contributed by atoms with Crippen LogP contribution < -0.4 is 10.1 Å². The number of hydrogen-bond donors (Lipinski definition) is 1. The maximum atomic E-state index is 12.0. The molecule has 1 amide bonds. The highest BCUT2D eigenvalue weighted by Gasteiger charge is 2.19. The molecule has 27 heavy (non-hydrogen) atoms. The van der Waals surface area contributed by atoms with E-state index in [1.165, 1.54) is 6.92 Å². The second-order valence-corrected chi connectivity index (χ2v) is 6.23. The monoisotopic (exact) mass is 388 g/mol. The van der Waals surface area contributed by atoms with E-state index in [0.29, 0.717) is 16.5 Å². The van der Waals surface area contributed by atoms with Gasteiger partial charge in [0, 0.05) is 21.9 Å². The Hall–Kier alpha value is -3.06. The van der Waals surface area contributed by atoms with Crippen molar-refractivity contribution in [2.24, 2.45) is 0 Å². The van der Waals surface area contributed by atoms with Crippen molar-refractivity contribution in [1.29, 1.82) is 0 Å². The highest BCUT2D eigenvalue weighted by atomic mass is 35.5. The van der Waals surface area contributed by atoms with Crippen LogP contribution >= 0.6 is 11.6 Å². The topological polar surface area (TPSA) is 90.7 Å². The minimum atomic E-state index is -1.01. The summed E-state index contributed by atoms with van der Waals surface area (Å²) in [4.78, 5) is 24.0. The number of benzene rings is 2. The van der Waals surface area contributed by atoms with Gasteiger partial charge in [0.05, 0.1) is 0 Å². The van der Waals surface area contributed by atoms with Crippen molar-refractivity contribution in [2.75, 3.05) is 11.9 Å². The van der Waals surface area contributed by atoms with Gasteiger partial charge in [0.25, 0.3) is 5.91 Å². The summed E-state index contributed by atoms with van der Waals surface area (Å²) in [6.45, 7) is 2.81. The minimum absolute atomic E-state index is 0.254. The molecule has 0 aliphatic carbocycles. The number of anilines is 1. The van der Waals surface area contributed by atoms with Crippen molar-refractivity contribution >= 4 is 40.1 Å². The number of esters is 1. The molecule has 0 fully saturated rings. The molecule has 0 bridgehead atoms. The Morgan fingerprint density at radius 1 is 1.22 bits per heavy atom. The predicted molar refractivity (Wildman–Crippen MR) is 99.9 cm³/mol. The van der Waals surface area contributed by atoms with Gasteiger partial charge in [-0.05, 0) is 26.0 Å². The Morgan fingerprint density at radius 3 is 2.67 bits per heavy atom. The maximum absolute atomic E-state index is 12.0. The Bertz CT molecular complexity index is 985. The lowest BCUT2D eigenvalue weighted by Crippen LogP contribution is -2.31. The van der Waals surface area contributed by atoms with Crippen molar-refractivity contribution in [2.45, 2.75) is 20.0 Å². The quantitative estimate of drug-likeness (QED) is 0.647. The number of aryl methyl sites for hydroxylation is 1. The van der Waals surface area contributed by atoms with Crippen molar-refractivity contribution in [1.82, 2.24) is 5.16 Å². The first-order chi connectivity index (χ1) is 12.9. The number of ether oxygens (including phenoxy) is 2. The van der Waals surface area contributed by atoms with Crippen molar-refractivity contribution in [3.8, 4) is 5.75 Å². The van der Waals surface area contributed by atoms with Gasteiger partial charge in [0.2, 0.25) is 0 Å². The molecular formula is C19H17ClN2O5. The lowest BCUT2D eigenvalue weighted by Gasteiger charge is -2.13. The van der Waals surface area contributed by atoms with Crippen LogP contribution in [-0.2, 0) is 14.3 Å². The summed E-state index contributed by atoms with van der Waals surface area (Å²) in [5.74, 6) is 0.117. The van der Waals surface area contributed by atoms with Gasteiger partial charge < -0.3 is 19.3 Å². The molecule has 140 valence electrons. The zero-order chi connectivity index (χ0) is 19.4. The van der Waals surface area contributed by atoms with E-state index in [2.05, 4.69) is 10.5 Å². The van der Waals surface area contributed by atoms with E-state index in [1.807, 2.05) is 24.3 Å². The number of nitrogens with one attached hydrogen (secondary N) is 1. The Morgan fingerprint density at radius 2 is 1.96 bits per heavy atom. The van der Waals surface area contributed by atoms with Crippen LogP contribution in [0, 0.1) is 6.92 Å². The molecule has 0 aliphatic heterocycles. The number of hydrogen-bond acceptors (Lipinski definition) is 6. The summed E-state index contributed by atoms with van der Waals surface area (Å²) in [5.41, 5.74) is 0. The van der Waals surface area contributed by atoms with Gasteiger partial charge in [-0.15, -0.1) is 0 Å². The first-order valence-electron chi connectivity index (χ1n) is 8.18. The molecule has 7 nitrogen and oxygen atoms in total. The molecule has 0 saturated carbocycles. The van der Waals surface area contributed by atoms with Gasteiger partial charge in [-0.3, -0.25) is 4.79 Å². The van der Waals surface area contributed by atoms with Gasteiger partial charge >= 0.3 is 5.97 Å². The van der Waals surface area contributed by atoms with E-state index in [4.69, 9.17) is 25.6 Å². The average molecular weight is 389 g/mol. The molecule has 0 unspecified atom stereocenters. The number of nitrogens with zero attached hydrogens (tertiary/aromatic N) is 1. The molecule has 0 aliphatic rings. The van der Waals surface area contributed by atoms with Crippen LogP contribution in [0.3, 0.4) is 0 Å². The molecule has 8 heteroatoms. The molecule has 0 spiro atoms. The highest BCUT2D eigenvalue weighted by molar-refractivity contribution is 6.35. The SMILES string of the molecule is Cc1cc(NC(=O)[C@@H](C)OC(=O)COc2ccc(Cl)c3ccccc23)no1.